The van der Waals surface area contributed by atoms with Crippen LogP contribution in [0.1, 0.15) is 53.4 Å². The molecule has 6 atom stereocenters. The predicted molar refractivity (Wildman–Crippen MR) is 68.9 cm³/mol. The Bertz CT molecular complexity index is 464. The van der Waals surface area contributed by atoms with Gasteiger partial charge < -0.3 is 5.11 Å². The van der Waals surface area contributed by atoms with E-state index >= 15 is 0 Å². The molecular weight excluding hydrogens is 224 g/mol. The van der Waals surface area contributed by atoms with Gasteiger partial charge in [-0.25, -0.2) is 0 Å². The Kier molecular flexibility index (Phi) is 1.65. The second-order valence-electron chi connectivity index (χ2n) is 8.47. The Morgan fingerprint density at radius 3 is 2.50 bits per heavy atom. The number of ketones is 1. The lowest BCUT2D eigenvalue weighted by atomic mass is 9.53. The Morgan fingerprint density at radius 2 is 1.83 bits per heavy atom. The molecular formula is C16H24O2. The number of hydrogen-bond donors (Lipinski definition) is 1. The van der Waals surface area contributed by atoms with Gasteiger partial charge in [-0.1, -0.05) is 27.2 Å². The molecule has 4 saturated carbocycles. The van der Waals surface area contributed by atoms with Gasteiger partial charge in [0.2, 0.25) is 0 Å². The molecule has 2 heteroatoms. The highest BCUT2D eigenvalue weighted by Crippen LogP contribution is 2.90. The summed E-state index contributed by atoms with van der Waals surface area (Å²) in [6.07, 6.45) is 4.32. The average Bonchev–Trinajstić information content (AvgIpc) is 2.67. The van der Waals surface area contributed by atoms with Gasteiger partial charge in [0.25, 0.3) is 0 Å². The zero-order valence-corrected chi connectivity index (χ0v) is 11.9. The van der Waals surface area contributed by atoms with E-state index in [1.165, 1.54) is 12.8 Å². The molecule has 4 rings (SSSR count). The largest absolute Gasteiger partial charge is 0.389 e. The van der Waals surface area contributed by atoms with E-state index in [4.69, 9.17) is 0 Å². The molecule has 0 radical (unpaired) electrons. The van der Waals surface area contributed by atoms with Gasteiger partial charge in [-0.3, -0.25) is 4.79 Å². The summed E-state index contributed by atoms with van der Waals surface area (Å²) in [7, 11) is 0. The monoisotopic (exact) mass is 248 g/mol. The highest BCUT2D eigenvalue weighted by molar-refractivity contribution is 5.95. The van der Waals surface area contributed by atoms with Crippen LogP contribution in [-0.2, 0) is 4.79 Å². The Labute approximate surface area is 109 Å². The molecule has 0 aromatic heterocycles. The highest BCUT2D eigenvalue weighted by Gasteiger charge is 2.91. The van der Waals surface area contributed by atoms with Gasteiger partial charge in [-0.15, -0.1) is 0 Å². The second kappa shape index (κ2) is 2.59. The number of aliphatic hydroxyl groups is 1. The fourth-order valence-electron chi connectivity index (χ4n) is 7.12. The van der Waals surface area contributed by atoms with Gasteiger partial charge in [-0.2, -0.15) is 0 Å². The third kappa shape index (κ3) is 0.801. The van der Waals surface area contributed by atoms with Crippen LogP contribution < -0.4 is 0 Å². The third-order valence-corrected chi connectivity index (χ3v) is 7.44. The summed E-state index contributed by atoms with van der Waals surface area (Å²) >= 11 is 0. The van der Waals surface area contributed by atoms with E-state index in [0.29, 0.717) is 17.6 Å². The number of Topliss-reactive ketones (excluding diaryl/α,β-unsaturated/α-hetero) is 1. The summed E-state index contributed by atoms with van der Waals surface area (Å²) in [6.45, 7) is 8.84. The zero-order chi connectivity index (χ0) is 13.1. The maximum absolute atomic E-state index is 12.9. The minimum atomic E-state index is -0.728. The molecule has 1 unspecified atom stereocenters. The lowest BCUT2D eigenvalue weighted by Gasteiger charge is -2.50. The van der Waals surface area contributed by atoms with Crippen molar-refractivity contribution in [2.45, 2.75) is 59.0 Å². The molecule has 18 heavy (non-hydrogen) atoms. The molecule has 0 aromatic rings. The van der Waals surface area contributed by atoms with Crippen LogP contribution in [0.25, 0.3) is 0 Å². The summed E-state index contributed by atoms with van der Waals surface area (Å²) in [4.78, 5) is 12.9. The number of carbonyl (C=O) groups is 1. The highest BCUT2D eigenvalue weighted by atomic mass is 16.3. The van der Waals surface area contributed by atoms with E-state index in [2.05, 4.69) is 20.8 Å². The zero-order valence-electron chi connectivity index (χ0n) is 11.9. The number of rotatable bonds is 0. The van der Waals surface area contributed by atoms with Crippen LogP contribution in [0.15, 0.2) is 0 Å². The topological polar surface area (TPSA) is 37.3 Å². The molecule has 4 aliphatic carbocycles. The van der Waals surface area contributed by atoms with Gasteiger partial charge in [0.15, 0.2) is 0 Å². The van der Waals surface area contributed by atoms with Gasteiger partial charge in [0.1, 0.15) is 5.78 Å². The van der Waals surface area contributed by atoms with Crippen molar-refractivity contribution in [1.82, 2.24) is 0 Å². The van der Waals surface area contributed by atoms with E-state index in [1.807, 2.05) is 6.92 Å². The van der Waals surface area contributed by atoms with Crippen molar-refractivity contribution in [3.8, 4) is 0 Å². The molecule has 0 amide bonds. The summed E-state index contributed by atoms with van der Waals surface area (Å²) in [5.41, 5.74) is -0.373. The normalized spacial score (nSPS) is 63.6. The van der Waals surface area contributed by atoms with Crippen molar-refractivity contribution in [2.24, 2.45) is 34.0 Å². The fraction of sp³-hybridized carbons (Fsp3) is 0.938. The first-order valence-corrected chi connectivity index (χ1v) is 7.47. The summed E-state index contributed by atoms with van der Waals surface area (Å²) in [6, 6.07) is 0. The van der Waals surface area contributed by atoms with E-state index in [0.717, 1.165) is 12.8 Å². The first kappa shape index (κ1) is 11.5. The quantitative estimate of drug-likeness (QED) is 0.715. The van der Waals surface area contributed by atoms with Gasteiger partial charge in [0, 0.05) is 5.41 Å². The fourth-order valence-corrected chi connectivity index (χ4v) is 7.12. The average molecular weight is 248 g/mol. The maximum atomic E-state index is 12.9. The molecule has 0 aromatic carbocycles. The van der Waals surface area contributed by atoms with E-state index in [1.54, 1.807) is 0 Å². The van der Waals surface area contributed by atoms with Crippen LogP contribution in [0.2, 0.25) is 0 Å². The molecule has 4 aliphatic rings. The van der Waals surface area contributed by atoms with E-state index in [-0.39, 0.29) is 22.2 Å². The Hall–Kier alpha value is -0.370. The van der Waals surface area contributed by atoms with Crippen molar-refractivity contribution < 1.29 is 9.90 Å². The maximum Gasteiger partial charge on any atom is 0.145 e. The lowest BCUT2D eigenvalue weighted by molar-refractivity contribution is -0.140. The van der Waals surface area contributed by atoms with E-state index in [9.17, 15) is 9.90 Å². The first-order valence-electron chi connectivity index (χ1n) is 7.47. The van der Waals surface area contributed by atoms with Crippen molar-refractivity contribution >= 4 is 5.78 Å². The summed E-state index contributed by atoms with van der Waals surface area (Å²) < 4.78 is 0. The summed E-state index contributed by atoms with van der Waals surface area (Å²) in [5, 5.41) is 10.6. The van der Waals surface area contributed by atoms with Crippen LogP contribution in [0.5, 0.6) is 0 Å². The molecule has 0 saturated heterocycles. The Morgan fingerprint density at radius 1 is 1.17 bits per heavy atom. The van der Waals surface area contributed by atoms with Crippen molar-refractivity contribution in [1.29, 1.82) is 0 Å². The van der Waals surface area contributed by atoms with Crippen molar-refractivity contribution in [3.05, 3.63) is 0 Å². The van der Waals surface area contributed by atoms with Gasteiger partial charge >= 0.3 is 0 Å². The minimum Gasteiger partial charge on any atom is -0.389 e. The van der Waals surface area contributed by atoms with Crippen LogP contribution >= 0.6 is 0 Å². The van der Waals surface area contributed by atoms with Crippen molar-refractivity contribution in [2.75, 3.05) is 0 Å². The summed E-state index contributed by atoms with van der Waals surface area (Å²) in [5.74, 6) is 1.42. The molecule has 0 bridgehead atoms. The second-order valence-corrected chi connectivity index (χ2v) is 8.47. The first-order chi connectivity index (χ1) is 8.20. The van der Waals surface area contributed by atoms with Gasteiger partial charge in [-0.05, 0) is 48.9 Å². The molecule has 4 fully saturated rings. The smallest absolute Gasteiger partial charge is 0.145 e. The van der Waals surface area contributed by atoms with Crippen LogP contribution in [-0.4, -0.2) is 16.5 Å². The molecule has 0 heterocycles. The predicted octanol–water partition coefficient (Wildman–Crippen LogP) is 2.79. The number of hydrogen-bond acceptors (Lipinski definition) is 2. The third-order valence-electron chi connectivity index (χ3n) is 7.44. The van der Waals surface area contributed by atoms with Crippen molar-refractivity contribution in [3.63, 3.8) is 0 Å². The molecule has 100 valence electrons. The van der Waals surface area contributed by atoms with Gasteiger partial charge in [0.05, 0.1) is 11.5 Å². The van der Waals surface area contributed by atoms with E-state index < -0.39 is 5.60 Å². The standard InChI is InChI=1S/C16H24O2/c1-13(2)6-5-7-14(3)12(17)11-10-9(16(10,13)14)8-15(11,4)18/h9-11,18H,5-8H2,1-4H3/t9-,10?,11+,14-,15+,16-/m1/s1. The number of carbonyl (C=O) groups excluding carboxylic acids is 1. The minimum absolute atomic E-state index is 0.0649. The molecule has 2 nitrogen and oxygen atoms in total. The SMILES string of the molecule is CC1(C)CCC[C@]2(C)C(=O)[C@@H]3C4[C@@H](C[C@]3(C)O)[C@@]412. The lowest BCUT2D eigenvalue weighted by Crippen LogP contribution is -2.47. The van der Waals surface area contributed by atoms with Crippen LogP contribution in [0.3, 0.4) is 0 Å². The Balaban J connectivity index is 1.93. The van der Waals surface area contributed by atoms with Crippen LogP contribution in [0, 0.1) is 34.0 Å². The molecule has 1 spiro atoms. The van der Waals surface area contributed by atoms with Crippen LogP contribution in [0.4, 0.5) is 0 Å². The molecule has 1 N–H and O–H groups in total. The molecule has 0 aliphatic heterocycles.